The lowest BCUT2D eigenvalue weighted by atomic mass is 9.78. The van der Waals surface area contributed by atoms with Gasteiger partial charge in [-0.1, -0.05) is 114 Å². The van der Waals surface area contributed by atoms with Crippen LogP contribution in [-0.2, 0) is 21.9 Å². The Hall–Kier alpha value is -6.56. The molecule has 0 spiro atoms. The Morgan fingerprint density at radius 2 is 0.806 bits per heavy atom. The van der Waals surface area contributed by atoms with Crippen LogP contribution < -0.4 is 0 Å². The molecule has 0 atom stereocenters. The quantitative estimate of drug-likeness (QED) is 0.137. The Bertz CT molecular complexity index is 2510. The minimum absolute atomic E-state index is 0.141. The third-order valence-corrected chi connectivity index (χ3v) is 10.2. The number of carbonyl (C=O) groups is 2. The summed E-state index contributed by atoms with van der Waals surface area (Å²) in [6.45, 7) is 14.7. The fourth-order valence-electron chi connectivity index (χ4n) is 7.03. The van der Waals surface area contributed by atoms with Crippen LogP contribution in [0.1, 0.15) is 77.6 Å². The van der Waals surface area contributed by atoms with E-state index in [-0.39, 0.29) is 34.3 Å². The van der Waals surface area contributed by atoms with Crippen molar-refractivity contribution in [3.05, 3.63) is 177 Å². The van der Waals surface area contributed by atoms with E-state index in [0.717, 1.165) is 12.1 Å². The van der Waals surface area contributed by atoms with Gasteiger partial charge in [0.25, 0.3) is 0 Å². The molecule has 0 aliphatic heterocycles. The lowest BCUT2D eigenvalue weighted by Gasteiger charge is -2.25. The third-order valence-electron chi connectivity index (χ3n) is 10.2. The molecular formula is C50H44F6N4O2. The van der Waals surface area contributed by atoms with Gasteiger partial charge in [-0.25, -0.2) is 0 Å². The summed E-state index contributed by atoms with van der Waals surface area (Å²) in [5.41, 5.74) is -1.10. The van der Waals surface area contributed by atoms with E-state index in [9.17, 15) is 35.9 Å². The second-order valence-corrected chi connectivity index (χ2v) is 17.1. The van der Waals surface area contributed by atoms with Gasteiger partial charge in [-0.15, -0.1) is 10.2 Å². The largest absolute Gasteiger partial charge is 0.417 e. The maximum atomic E-state index is 14.8. The van der Waals surface area contributed by atoms with E-state index >= 15 is 0 Å². The summed E-state index contributed by atoms with van der Waals surface area (Å²) in [7, 11) is 0. The van der Waals surface area contributed by atoms with Crippen molar-refractivity contribution in [1.29, 1.82) is 0 Å². The highest BCUT2D eigenvalue weighted by Crippen LogP contribution is 2.46. The molecule has 4 aromatic carbocycles. The van der Waals surface area contributed by atoms with Crippen LogP contribution in [0.25, 0.3) is 22.5 Å². The zero-order chi connectivity index (χ0) is 45.4. The number of rotatable bonds is 7. The number of halogens is 6. The SMILES string of the molecule is CC1=C/C(=C(\N=N\c2ccc(-c3ccc(/N=N/C(=C4\C=C(C)C(=O)C(C(C)(C)C)=C4)c4ccccc4)cc3C(F)(F)F)c(C(F)(F)F)c2)c2ccccc2)C=C(C(C)(C)C)C1=O. The number of allylic oxidation sites excluding steroid dienone is 10. The fourth-order valence-corrected chi connectivity index (χ4v) is 7.03. The van der Waals surface area contributed by atoms with Gasteiger partial charge >= 0.3 is 12.4 Å². The molecule has 0 heterocycles. The van der Waals surface area contributed by atoms with Crippen molar-refractivity contribution in [2.45, 2.75) is 67.7 Å². The first-order chi connectivity index (χ1) is 28.9. The van der Waals surface area contributed by atoms with Crippen LogP contribution in [-0.4, -0.2) is 11.6 Å². The fraction of sp³-hybridized carbons (Fsp3) is 0.240. The Morgan fingerprint density at radius 3 is 1.11 bits per heavy atom. The van der Waals surface area contributed by atoms with Gasteiger partial charge in [-0.2, -0.15) is 36.6 Å². The zero-order valence-electron chi connectivity index (χ0n) is 35.4. The molecule has 6 rings (SSSR count). The van der Waals surface area contributed by atoms with Crippen molar-refractivity contribution in [3.63, 3.8) is 0 Å². The standard InChI is InChI=1S/C50H44F6N4O2/c1-29-23-33(25-41(45(29)61)47(3,4)5)43(31-15-11-9-12-16-31)59-57-35-19-21-37(39(27-35)49(51,52)53)38-22-20-36(28-40(38)50(54,55)56)58-60-44(32-17-13-10-14-18-32)34-24-30(2)46(62)42(26-34)48(6,7)8/h9-28H,1-8H3/b43-33+,44-34+,59-57+,60-58+. The van der Waals surface area contributed by atoms with Crippen molar-refractivity contribution >= 4 is 34.3 Å². The Morgan fingerprint density at radius 1 is 0.468 bits per heavy atom. The van der Waals surface area contributed by atoms with Crippen LogP contribution in [0.3, 0.4) is 0 Å². The molecule has 0 N–H and O–H groups in total. The van der Waals surface area contributed by atoms with Crippen LogP contribution in [0.4, 0.5) is 37.7 Å². The van der Waals surface area contributed by atoms with Crippen molar-refractivity contribution in [2.75, 3.05) is 0 Å². The number of carbonyl (C=O) groups excluding carboxylic acids is 2. The predicted molar refractivity (Wildman–Crippen MR) is 230 cm³/mol. The molecule has 0 amide bonds. The van der Waals surface area contributed by atoms with Gasteiger partial charge in [-0.05, 0) is 95.5 Å². The number of ketones is 2. The lowest BCUT2D eigenvalue weighted by molar-refractivity contribution is -0.139. The monoisotopic (exact) mass is 846 g/mol. The van der Waals surface area contributed by atoms with Gasteiger partial charge in [0, 0.05) is 33.4 Å². The van der Waals surface area contributed by atoms with Crippen molar-refractivity contribution in [2.24, 2.45) is 31.3 Å². The number of alkyl halides is 6. The van der Waals surface area contributed by atoms with Gasteiger partial charge < -0.3 is 0 Å². The van der Waals surface area contributed by atoms with Crippen LogP contribution in [0.15, 0.2) is 175 Å². The summed E-state index contributed by atoms with van der Waals surface area (Å²) in [4.78, 5) is 26.1. The van der Waals surface area contributed by atoms with Crippen LogP contribution in [0, 0.1) is 10.8 Å². The first-order valence-corrected chi connectivity index (χ1v) is 19.7. The normalized spacial score (nSPS) is 17.3. The Balaban J connectivity index is 1.45. The van der Waals surface area contributed by atoms with Gasteiger partial charge in [-0.3, -0.25) is 9.59 Å². The molecule has 0 bridgehead atoms. The van der Waals surface area contributed by atoms with E-state index in [1.807, 2.05) is 41.5 Å². The number of hydrogen-bond acceptors (Lipinski definition) is 6. The number of benzene rings is 4. The molecule has 2 aliphatic rings. The smallest absolute Gasteiger partial charge is 0.289 e. The molecule has 12 heteroatoms. The van der Waals surface area contributed by atoms with Crippen molar-refractivity contribution in [3.8, 4) is 11.1 Å². The average molecular weight is 847 g/mol. The van der Waals surface area contributed by atoms with E-state index in [2.05, 4.69) is 20.5 Å². The number of Topliss-reactive ketones (excluding diaryl/α,β-unsaturated/α-hetero) is 2. The van der Waals surface area contributed by atoms with Crippen LogP contribution in [0.5, 0.6) is 0 Å². The van der Waals surface area contributed by atoms with Gasteiger partial charge in [0.05, 0.1) is 22.5 Å². The highest BCUT2D eigenvalue weighted by atomic mass is 19.4. The molecule has 0 saturated heterocycles. The summed E-state index contributed by atoms with van der Waals surface area (Å²) in [6.07, 6.45) is -3.53. The molecule has 62 heavy (non-hydrogen) atoms. The van der Waals surface area contributed by atoms with Crippen molar-refractivity contribution in [1.82, 2.24) is 0 Å². The lowest BCUT2D eigenvalue weighted by Crippen LogP contribution is -2.21. The molecule has 0 fully saturated rings. The summed E-state index contributed by atoms with van der Waals surface area (Å²) < 4.78 is 89.0. The highest BCUT2D eigenvalue weighted by molar-refractivity contribution is 6.12. The summed E-state index contributed by atoms with van der Waals surface area (Å²) >= 11 is 0. The molecule has 0 saturated carbocycles. The minimum atomic E-state index is -5.10. The van der Waals surface area contributed by atoms with Gasteiger partial charge in [0.2, 0.25) is 0 Å². The average Bonchev–Trinajstić information content (AvgIpc) is 3.19. The second kappa shape index (κ2) is 17.1. The highest BCUT2D eigenvalue weighted by Gasteiger charge is 2.39. The number of azo groups is 2. The summed E-state index contributed by atoms with van der Waals surface area (Å²) in [5.74, 6) is -0.283. The number of hydrogen-bond donors (Lipinski definition) is 0. The molecule has 6 nitrogen and oxygen atoms in total. The summed E-state index contributed by atoms with van der Waals surface area (Å²) in [6, 6.07) is 23.1. The summed E-state index contributed by atoms with van der Waals surface area (Å²) in [5, 5.41) is 17.1. The molecule has 0 radical (unpaired) electrons. The third kappa shape index (κ3) is 9.96. The van der Waals surface area contributed by atoms with E-state index < -0.39 is 45.4 Å². The van der Waals surface area contributed by atoms with Gasteiger partial charge in [0.15, 0.2) is 11.6 Å². The molecule has 4 aromatic rings. The van der Waals surface area contributed by atoms with Crippen LogP contribution in [0.2, 0.25) is 0 Å². The maximum absolute atomic E-state index is 14.8. The molecule has 2 aliphatic carbocycles. The molecular weight excluding hydrogens is 803 g/mol. The minimum Gasteiger partial charge on any atom is -0.289 e. The Labute approximate surface area is 356 Å². The molecule has 0 unspecified atom stereocenters. The maximum Gasteiger partial charge on any atom is 0.417 e. The zero-order valence-corrected chi connectivity index (χ0v) is 35.4. The van der Waals surface area contributed by atoms with Gasteiger partial charge in [0.1, 0.15) is 11.4 Å². The van der Waals surface area contributed by atoms with E-state index in [1.54, 1.807) is 98.8 Å². The molecule has 318 valence electrons. The van der Waals surface area contributed by atoms with E-state index in [1.165, 1.54) is 12.1 Å². The second-order valence-electron chi connectivity index (χ2n) is 17.1. The first-order valence-electron chi connectivity index (χ1n) is 19.7. The number of nitrogens with zero attached hydrogens (tertiary/aromatic N) is 4. The van der Waals surface area contributed by atoms with E-state index in [4.69, 9.17) is 0 Å². The first kappa shape index (κ1) is 45.0. The predicted octanol–water partition coefficient (Wildman–Crippen LogP) is 15.4. The molecule has 0 aromatic heterocycles. The topological polar surface area (TPSA) is 83.6 Å². The van der Waals surface area contributed by atoms with Crippen molar-refractivity contribution < 1.29 is 35.9 Å². The Kier molecular flexibility index (Phi) is 12.4. The van der Waals surface area contributed by atoms with E-state index in [0.29, 0.717) is 56.7 Å². The van der Waals surface area contributed by atoms with Crippen LogP contribution >= 0.6 is 0 Å².